The van der Waals surface area contributed by atoms with Gasteiger partial charge in [-0.2, -0.15) is 0 Å². The fourth-order valence-corrected chi connectivity index (χ4v) is 3.11. The first-order valence-electron chi connectivity index (χ1n) is 7.00. The number of benzene rings is 1. The SMILES string of the molecule is Cc1cc(C(=O)N(C)C2CCc3ccccc32)c(C)o1. The first kappa shape index (κ1) is 13.0. The molecule has 3 nitrogen and oxygen atoms in total. The molecular weight excluding hydrogens is 250 g/mol. The normalized spacial score (nSPS) is 17.1. The van der Waals surface area contributed by atoms with E-state index in [0.29, 0.717) is 11.3 Å². The minimum atomic E-state index is 0.0426. The molecule has 3 heteroatoms. The van der Waals surface area contributed by atoms with Gasteiger partial charge in [0.15, 0.2) is 0 Å². The number of fused-ring (bicyclic) bond motifs is 1. The number of hydrogen-bond donors (Lipinski definition) is 0. The molecule has 0 saturated carbocycles. The van der Waals surface area contributed by atoms with Crippen molar-refractivity contribution in [1.82, 2.24) is 4.90 Å². The molecule has 1 aliphatic carbocycles. The summed E-state index contributed by atoms with van der Waals surface area (Å²) >= 11 is 0. The largest absolute Gasteiger partial charge is 0.466 e. The van der Waals surface area contributed by atoms with Crippen LogP contribution in [0.25, 0.3) is 0 Å². The third-order valence-electron chi connectivity index (χ3n) is 4.16. The second kappa shape index (κ2) is 4.82. The van der Waals surface area contributed by atoms with Gasteiger partial charge in [0.2, 0.25) is 0 Å². The van der Waals surface area contributed by atoms with Crippen molar-refractivity contribution in [1.29, 1.82) is 0 Å². The summed E-state index contributed by atoms with van der Waals surface area (Å²) in [5.74, 6) is 1.53. The first-order valence-corrected chi connectivity index (χ1v) is 7.00. The van der Waals surface area contributed by atoms with Gasteiger partial charge in [0.1, 0.15) is 11.5 Å². The quantitative estimate of drug-likeness (QED) is 0.833. The third-order valence-corrected chi connectivity index (χ3v) is 4.16. The fraction of sp³-hybridized carbons (Fsp3) is 0.353. The Hall–Kier alpha value is -2.03. The van der Waals surface area contributed by atoms with Gasteiger partial charge in [-0.25, -0.2) is 0 Å². The summed E-state index contributed by atoms with van der Waals surface area (Å²) in [4.78, 5) is 14.5. The van der Waals surface area contributed by atoms with Crippen molar-refractivity contribution < 1.29 is 9.21 Å². The molecule has 0 spiro atoms. The zero-order valence-electron chi connectivity index (χ0n) is 12.1. The lowest BCUT2D eigenvalue weighted by molar-refractivity contribution is 0.0729. The highest BCUT2D eigenvalue weighted by Crippen LogP contribution is 2.35. The van der Waals surface area contributed by atoms with E-state index in [0.717, 1.165) is 18.6 Å². The van der Waals surface area contributed by atoms with Crippen LogP contribution in [0.5, 0.6) is 0 Å². The van der Waals surface area contributed by atoms with Crippen molar-refractivity contribution in [3.05, 3.63) is 58.5 Å². The molecule has 0 aliphatic heterocycles. The van der Waals surface area contributed by atoms with Crippen molar-refractivity contribution in [2.45, 2.75) is 32.7 Å². The summed E-state index contributed by atoms with van der Waals surface area (Å²) in [5, 5.41) is 0. The number of carbonyl (C=O) groups excluding carboxylic acids is 1. The Balaban J connectivity index is 1.89. The monoisotopic (exact) mass is 269 g/mol. The Morgan fingerprint density at radius 2 is 2.05 bits per heavy atom. The summed E-state index contributed by atoms with van der Waals surface area (Å²) in [6.45, 7) is 3.71. The average molecular weight is 269 g/mol. The van der Waals surface area contributed by atoms with Gasteiger partial charge in [-0.3, -0.25) is 4.79 Å². The van der Waals surface area contributed by atoms with Crippen molar-refractivity contribution >= 4 is 5.91 Å². The average Bonchev–Trinajstić information content (AvgIpc) is 3.00. The lowest BCUT2D eigenvalue weighted by Crippen LogP contribution is -2.30. The number of aryl methyl sites for hydroxylation is 3. The molecule has 0 saturated heterocycles. The highest BCUT2D eigenvalue weighted by molar-refractivity contribution is 5.95. The molecule has 1 unspecified atom stereocenters. The molecule has 0 radical (unpaired) electrons. The van der Waals surface area contributed by atoms with E-state index in [1.54, 1.807) is 0 Å². The van der Waals surface area contributed by atoms with Crippen LogP contribution in [0.3, 0.4) is 0 Å². The summed E-state index contributed by atoms with van der Waals surface area (Å²) in [6.07, 6.45) is 2.04. The van der Waals surface area contributed by atoms with Crippen LogP contribution in [0.2, 0.25) is 0 Å². The molecule has 0 bridgehead atoms. The maximum absolute atomic E-state index is 12.6. The molecule has 3 rings (SSSR count). The molecule has 0 N–H and O–H groups in total. The number of amides is 1. The zero-order chi connectivity index (χ0) is 14.3. The molecule has 0 fully saturated rings. The van der Waals surface area contributed by atoms with Crippen LogP contribution in [0.4, 0.5) is 0 Å². The van der Waals surface area contributed by atoms with E-state index in [9.17, 15) is 4.79 Å². The molecule has 1 aromatic heterocycles. The predicted molar refractivity (Wildman–Crippen MR) is 77.8 cm³/mol. The van der Waals surface area contributed by atoms with Crippen molar-refractivity contribution in [2.24, 2.45) is 0 Å². The Bertz CT molecular complexity index is 657. The van der Waals surface area contributed by atoms with Crippen LogP contribution in [0, 0.1) is 13.8 Å². The summed E-state index contributed by atoms with van der Waals surface area (Å²) < 4.78 is 5.47. The Kier molecular flexibility index (Phi) is 3.13. The standard InChI is InChI=1S/C17H19NO2/c1-11-10-15(12(2)20-11)17(19)18(3)16-9-8-13-6-4-5-7-14(13)16/h4-7,10,16H,8-9H2,1-3H3. The van der Waals surface area contributed by atoms with E-state index < -0.39 is 0 Å². The molecule has 2 aromatic rings. The number of hydrogen-bond acceptors (Lipinski definition) is 2. The maximum Gasteiger partial charge on any atom is 0.257 e. The van der Waals surface area contributed by atoms with Crippen molar-refractivity contribution in [3.8, 4) is 0 Å². The summed E-state index contributed by atoms with van der Waals surface area (Å²) in [5.41, 5.74) is 3.31. The van der Waals surface area contributed by atoms with E-state index >= 15 is 0 Å². The first-order chi connectivity index (χ1) is 9.58. The molecule has 104 valence electrons. The Labute approximate surface area is 119 Å². The Morgan fingerprint density at radius 1 is 1.30 bits per heavy atom. The van der Waals surface area contributed by atoms with Gasteiger partial charge in [0, 0.05) is 7.05 Å². The van der Waals surface area contributed by atoms with Gasteiger partial charge in [-0.15, -0.1) is 0 Å². The molecule has 1 aliphatic rings. The van der Waals surface area contributed by atoms with Gasteiger partial charge in [-0.05, 0) is 43.9 Å². The zero-order valence-corrected chi connectivity index (χ0v) is 12.1. The number of carbonyl (C=O) groups is 1. The molecule has 1 atom stereocenters. The molecule has 1 heterocycles. The fourth-order valence-electron chi connectivity index (χ4n) is 3.11. The second-order valence-corrected chi connectivity index (χ2v) is 5.50. The summed E-state index contributed by atoms with van der Waals surface area (Å²) in [7, 11) is 1.89. The molecular formula is C17H19NO2. The van der Waals surface area contributed by atoms with Crippen LogP contribution in [-0.2, 0) is 6.42 Å². The predicted octanol–water partition coefficient (Wildman–Crippen LogP) is 3.66. The highest BCUT2D eigenvalue weighted by Gasteiger charge is 2.30. The second-order valence-electron chi connectivity index (χ2n) is 5.50. The van der Waals surface area contributed by atoms with Gasteiger partial charge in [-0.1, -0.05) is 24.3 Å². The summed E-state index contributed by atoms with van der Waals surface area (Å²) in [6, 6.07) is 10.4. The number of nitrogens with zero attached hydrogens (tertiary/aromatic N) is 1. The van der Waals surface area contributed by atoms with E-state index in [4.69, 9.17) is 4.42 Å². The number of rotatable bonds is 2. The van der Waals surface area contributed by atoms with Crippen LogP contribution < -0.4 is 0 Å². The van der Waals surface area contributed by atoms with Gasteiger partial charge in [0.25, 0.3) is 5.91 Å². The molecule has 20 heavy (non-hydrogen) atoms. The smallest absolute Gasteiger partial charge is 0.257 e. The lowest BCUT2D eigenvalue weighted by Gasteiger charge is -2.25. The van der Waals surface area contributed by atoms with Crippen LogP contribution >= 0.6 is 0 Å². The van der Waals surface area contributed by atoms with Crippen LogP contribution in [0.1, 0.15) is 45.5 Å². The topological polar surface area (TPSA) is 33.5 Å². The molecule has 1 aromatic carbocycles. The third kappa shape index (κ3) is 2.03. The Morgan fingerprint density at radius 3 is 2.75 bits per heavy atom. The minimum absolute atomic E-state index is 0.0426. The van der Waals surface area contributed by atoms with E-state index in [-0.39, 0.29) is 11.9 Å². The maximum atomic E-state index is 12.6. The minimum Gasteiger partial charge on any atom is -0.466 e. The van der Waals surface area contributed by atoms with E-state index in [2.05, 4.69) is 18.2 Å². The van der Waals surface area contributed by atoms with Gasteiger partial charge in [0.05, 0.1) is 11.6 Å². The van der Waals surface area contributed by atoms with Crippen LogP contribution in [-0.4, -0.2) is 17.9 Å². The van der Waals surface area contributed by atoms with Gasteiger partial charge < -0.3 is 9.32 Å². The van der Waals surface area contributed by atoms with E-state index in [1.807, 2.05) is 37.9 Å². The van der Waals surface area contributed by atoms with Gasteiger partial charge >= 0.3 is 0 Å². The highest BCUT2D eigenvalue weighted by atomic mass is 16.3. The molecule has 1 amide bonds. The lowest BCUT2D eigenvalue weighted by atomic mass is 10.1. The number of furan rings is 1. The van der Waals surface area contributed by atoms with Crippen LogP contribution in [0.15, 0.2) is 34.7 Å². The van der Waals surface area contributed by atoms with Crippen molar-refractivity contribution in [2.75, 3.05) is 7.05 Å². The van der Waals surface area contributed by atoms with Crippen molar-refractivity contribution in [3.63, 3.8) is 0 Å². The van der Waals surface area contributed by atoms with E-state index in [1.165, 1.54) is 11.1 Å².